The molecule has 1 amide bonds. The lowest BCUT2D eigenvalue weighted by atomic mass is 10.2. The number of hydrogen-bond acceptors (Lipinski definition) is 5. The molecular weight excluding hydrogens is 258 g/mol. The normalized spacial score (nSPS) is 11.3. The quantitative estimate of drug-likeness (QED) is 0.645. The second-order valence-electron chi connectivity index (χ2n) is 4.38. The minimum Gasteiger partial charge on any atom is -0.497 e. The standard InChI is InChI=1S/C14H21N3O3/c1-17(2)10-9-15-14(20-4)16-13(18)11-5-7-12(19-3)8-6-11/h5-8H,9-10H2,1-4H3,(H,15,16,18). The van der Waals surface area contributed by atoms with Crippen molar-refractivity contribution in [2.75, 3.05) is 41.4 Å². The Hall–Kier alpha value is -2.08. The average molecular weight is 279 g/mol. The predicted octanol–water partition coefficient (Wildman–Crippen LogP) is 0.989. The van der Waals surface area contributed by atoms with E-state index in [4.69, 9.17) is 9.47 Å². The van der Waals surface area contributed by atoms with E-state index in [1.807, 2.05) is 19.0 Å². The Balaban J connectivity index is 2.61. The Morgan fingerprint density at radius 2 is 1.90 bits per heavy atom. The highest BCUT2D eigenvalue weighted by Crippen LogP contribution is 2.10. The van der Waals surface area contributed by atoms with Crippen LogP contribution in [0, 0.1) is 0 Å². The van der Waals surface area contributed by atoms with E-state index in [0.717, 1.165) is 6.54 Å². The number of carbonyl (C=O) groups excluding carboxylic acids is 1. The molecule has 0 aliphatic carbocycles. The minimum atomic E-state index is -0.266. The van der Waals surface area contributed by atoms with Crippen LogP contribution < -0.4 is 10.1 Å². The van der Waals surface area contributed by atoms with Crippen molar-refractivity contribution >= 4 is 11.9 Å². The van der Waals surface area contributed by atoms with Gasteiger partial charge in [-0.1, -0.05) is 0 Å². The van der Waals surface area contributed by atoms with Crippen LogP contribution in [0.1, 0.15) is 10.4 Å². The van der Waals surface area contributed by atoms with Crippen LogP contribution in [0.5, 0.6) is 5.75 Å². The van der Waals surface area contributed by atoms with Crippen molar-refractivity contribution in [3.63, 3.8) is 0 Å². The lowest BCUT2D eigenvalue weighted by molar-refractivity contribution is 0.0968. The lowest BCUT2D eigenvalue weighted by Crippen LogP contribution is -2.32. The summed E-state index contributed by atoms with van der Waals surface area (Å²) in [5, 5.41) is 2.62. The second kappa shape index (κ2) is 8.16. The number of amides is 1. The van der Waals surface area contributed by atoms with Gasteiger partial charge in [0.25, 0.3) is 11.9 Å². The van der Waals surface area contributed by atoms with Gasteiger partial charge in [-0.2, -0.15) is 0 Å². The number of benzene rings is 1. The third kappa shape index (κ3) is 5.27. The first kappa shape index (κ1) is 16.0. The van der Waals surface area contributed by atoms with Crippen LogP contribution >= 0.6 is 0 Å². The van der Waals surface area contributed by atoms with Crippen LogP contribution in [0.2, 0.25) is 0 Å². The van der Waals surface area contributed by atoms with Crippen molar-refractivity contribution in [3.05, 3.63) is 29.8 Å². The molecule has 110 valence electrons. The number of aliphatic imine (C=N–C) groups is 1. The first-order valence-corrected chi connectivity index (χ1v) is 6.25. The molecule has 6 heteroatoms. The Labute approximate surface area is 119 Å². The van der Waals surface area contributed by atoms with Crippen LogP contribution in [0.4, 0.5) is 0 Å². The maximum absolute atomic E-state index is 12.0. The van der Waals surface area contributed by atoms with E-state index >= 15 is 0 Å². The van der Waals surface area contributed by atoms with Crippen molar-refractivity contribution in [3.8, 4) is 5.75 Å². The van der Waals surface area contributed by atoms with Crippen LogP contribution in [0.15, 0.2) is 29.3 Å². The van der Waals surface area contributed by atoms with Gasteiger partial charge in [-0.3, -0.25) is 10.1 Å². The lowest BCUT2D eigenvalue weighted by Gasteiger charge is -2.09. The molecule has 0 bridgehead atoms. The van der Waals surface area contributed by atoms with Crippen molar-refractivity contribution in [1.82, 2.24) is 10.2 Å². The van der Waals surface area contributed by atoms with E-state index in [0.29, 0.717) is 17.9 Å². The fourth-order valence-electron chi connectivity index (χ4n) is 1.42. The summed E-state index contributed by atoms with van der Waals surface area (Å²) in [6.07, 6.45) is 0. The van der Waals surface area contributed by atoms with Crippen molar-refractivity contribution in [1.29, 1.82) is 0 Å². The third-order valence-corrected chi connectivity index (χ3v) is 2.57. The number of ether oxygens (including phenoxy) is 2. The summed E-state index contributed by atoms with van der Waals surface area (Å²) >= 11 is 0. The Bertz CT molecular complexity index is 455. The summed E-state index contributed by atoms with van der Waals surface area (Å²) < 4.78 is 10.1. The van der Waals surface area contributed by atoms with Crippen molar-refractivity contribution in [2.24, 2.45) is 4.99 Å². The fraction of sp³-hybridized carbons (Fsp3) is 0.429. The molecule has 1 rings (SSSR count). The molecule has 1 N–H and O–H groups in total. The van der Waals surface area contributed by atoms with Gasteiger partial charge in [-0.25, -0.2) is 4.99 Å². The molecule has 0 spiro atoms. The zero-order valence-corrected chi connectivity index (χ0v) is 12.3. The molecule has 20 heavy (non-hydrogen) atoms. The number of likely N-dealkylation sites (N-methyl/N-ethyl adjacent to an activating group) is 1. The van der Waals surface area contributed by atoms with Crippen LogP contribution in [-0.4, -0.2) is 58.2 Å². The summed E-state index contributed by atoms with van der Waals surface area (Å²) in [5.74, 6) is 0.436. The van der Waals surface area contributed by atoms with Gasteiger partial charge in [-0.05, 0) is 38.4 Å². The molecule has 6 nitrogen and oxygen atoms in total. The Kier molecular flexibility index (Phi) is 6.52. The molecule has 1 aromatic rings. The molecule has 1 aromatic carbocycles. The van der Waals surface area contributed by atoms with Gasteiger partial charge in [0.15, 0.2) is 0 Å². The van der Waals surface area contributed by atoms with Gasteiger partial charge in [0.05, 0.1) is 20.8 Å². The highest BCUT2D eigenvalue weighted by atomic mass is 16.5. The molecule has 0 aromatic heterocycles. The van der Waals surface area contributed by atoms with Gasteiger partial charge in [0, 0.05) is 12.1 Å². The summed E-state index contributed by atoms with van der Waals surface area (Å²) in [4.78, 5) is 18.2. The SMILES string of the molecule is COC(=NCCN(C)C)NC(=O)c1ccc(OC)cc1. The molecule has 0 atom stereocenters. The molecule has 0 saturated carbocycles. The zero-order chi connectivity index (χ0) is 15.0. The summed E-state index contributed by atoms with van der Waals surface area (Å²) in [7, 11) is 6.97. The van der Waals surface area contributed by atoms with E-state index in [-0.39, 0.29) is 11.9 Å². The third-order valence-electron chi connectivity index (χ3n) is 2.57. The molecule has 0 radical (unpaired) electrons. The number of amidine groups is 1. The van der Waals surface area contributed by atoms with Crippen molar-refractivity contribution < 1.29 is 14.3 Å². The molecule has 0 aliphatic rings. The van der Waals surface area contributed by atoms with E-state index in [1.54, 1.807) is 31.4 Å². The zero-order valence-electron chi connectivity index (χ0n) is 12.3. The summed E-state index contributed by atoms with van der Waals surface area (Å²) in [6.45, 7) is 1.34. The number of carbonyl (C=O) groups is 1. The number of nitrogens with zero attached hydrogens (tertiary/aromatic N) is 2. The van der Waals surface area contributed by atoms with Crippen LogP contribution in [0.25, 0.3) is 0 Å². The predicted molar refractivity (Wildman–Crippen MR) is 78.3 cm³/mol. The number of rotatable bonds is 5. The Morgan fingerprint density at radius 3 is 2.40 bits per heavy atom. The first-order valence-electron chi connectivity index (χ1n) is 6.25. The van der Waals surface area contributed by atoms with E-state index in [2.05, 4.69) is 10.3 Å². The number of nitrogens with one attached hydrogen (secondary N) is 1. The highest BCUT2D eigenvalue weighted by Gasteiger charge is 2.09. The van der Waals surface area contributed by atoms with E-state index < -0.39 is 0 Å². The second-order valence-corrected chi connectivity index (χ2v) is 4.38. The Morgan fingerprint density at radius 1 is 1.25 bits per heavy atom. The molecule has 0 unspecified atom stereocenters. The van der Waals surface area contributed by atoms with Gasteiger partial charge in [0.2, 0.25) is 0 Å². The molecule has 0 saturated heterocycles. The molecule has 0 fully saturated rings. The molecule has 0 aliphatic heterocycles. The maximum Gasteiger partial charge on any atom is 0.291 e. The minimum absolute atomic E-state index is 0.215. The van der Waals surface area contributed by atoms with Gasteiger partial charge in [0.1, 0.15) is 5.75 Å². The van der Waals surface area contributed by atoms with E-state index in [1.165, 1.54) is 7.11 Å². The fourth-order valence-corrected chi connectivity index (χ4v) is 1.42. The van der Waals surface area contributed by atoms with Crippen molar-refractivity contribution in [2.45, 2.75) is 0 Å². The van der Waals surface area contributed by atoms with Gasteiger partial charge in [-0.15, -0.1) is 0 Å². The average Bonchev–Trinajstić information content (AvgIpc) is 2.45. The first-order chi connectivity index (χ1) is 9.56. The van der Waals surface area contributed by atoms with Crippen LogP contribution in [-0.2, 0) is 4.74 Å². The number of methoxy groups -OCH3 is 2. The molecule has 0 heterocycles. The molecular formula is C14H21N3O3. The van der Waals surface area contributed by atoms with Gasteiger partial charge >= 0.3 is 0 Å². The monoisotopic (exact) mass is 279 g/mol. The summed E-state index contributed by atoms with van der Waals surface area (Å²) in [5.41, 5.74) is 0.517. The van der Waals surface area contributed by atoms with E-state index in [9.17, 15) is 4.79 Å². The maximum atomic E-state index is 12.0. The number of hydrogen-bond donors (Lipinski definition) is 1. The smallest absolute Gasteiger partial charge is 0.291 e. The van der Waals surface area contributed by atoms with Gasteiger partial charge < -0.3 is 14.4 Å². The highest BCUT2D eigenvalue weighted by molar-refractivity contribution is 6.04. The summed E-state index contributed by atoms with van der Waals surface area (Å²) in [6, 6.07) is 7.03. The topological polar surface area (TPSA) is 63.2 Å². The van der Waals surface area contributed by atoms with Crippen LogP contribution in [0.3, 0.4) is 0 Å². The largest absolute Gasteiger partial charge is 0.497 e.